The smallest absolute Gasteiger partial charge is 0.257 e. The first kappa shape index (κ1) is 16.7. The average molecular weight is 336 g/mol. The van der Waals surface area contributed by atoms with E-state index in [0.717, 1.165) is 5.69 Å². The predicted molar refractivity (Wildman–Crippen MR) is 93.5 cm³/mol. The zero-order valence-electron chi connectivity index (χ0n) is 14.2. The largest absolute Gasteiger partial charge is 0.336 e. The second-order valence-electron chi connectivity index (χ2n) is 6.31. The van der Waals surface area contributed by atoms with E-state index in [1.54, 1.807) is 36.6 Å². The van der Waals surface area contributed by atoms with Gasteiger partial charge in [0.15, 0.2) is 5.65 Å². The highest BCUT2D eigenvalue weighted by Gasteiger charge is 2.22. The van der Waals surface area contributed by atoms with E-state index in [-0.39, 0.29) is 11.7 Å². The maximum atomic E-state index is 13.5. The summed E-state index contributed by atoms with van der Waals surface area (Å²) in [5, 5.41) is 6.97. The van der Waals surface area contributed by atoms with Gasteiger partial charge in [-0.15, -0.1) is 6.42 Å². The molecule has 126 valence electrons. The molecule has 0 spiro atoms. The summed E-state index contributed by atoms with van der Waals surface area (Å²) in [5.74, 6) is 1.81. The summed E-state index contributed by atoms with van der Waals surface area (Å²) in [5.41, 5.74) is 1.88. The SMILES string of the molecule is C#CC(C)(C)NC(=O)c1cnn2c(C)cc(-c3cccc(F)c3)nc12. The van der Waals surface area contributed by atoms with Gasteiger partial charge in [-0.1, -0.05) is 18.1 Å². The first-order valence-corrected chi connectivity index (χ1v) is 7.72. The third-order valence-electron chi connectivity index (χ3n) is 3.80. The minimum absolute atomic E-state index is 0.310. The molecule has 6 heteroatoms. The van der Waals surface area contributed by atoms with E-state index in [2.05, 4.69) is 21.3 Å². The highest BCUT2D eigenvalue weighted by molar-refractivity contribution is 6.00. The van der Waals surface area contributed by atoms with E-state index in [1.165, 1.54) is 18.3 Å². The Morgan fingerprint density at radius 1 is 1.36 bits per heavy atom. The van der Waals surface area contributed by atoms with Crippen molar-refractivity contribution in [1.82, 2.24) is 19.9 Å². The van der Waals surface area contributed by atoms with Gasteiger partial charge in [-0.3, -0.25) is 4.79 Å². The van der Waals surface area contributed by atoms with Gasteiger partial charge < -0.3 is 5.32 Å². The Labute approximate surface area is 144 Å². The Kier molecular flexibility index (Phi) is 4.01. The van der Waals surface area contributed by atoms with Gasteiger partial charge in [-0.2, -0.15) is 5.10 Å². The highest BCUT2D eigenvalue weighted by Crippen LogP contribution is 2.22. The van der Waals surface area contributed by atoms with Crippen molar-refractivity contribution in [1.29, 1.82) is 0 Å². The molecule has 0 aliphatic carbocycles. The van der Waals surface area contributed by atoms with Gasteiger partial charge in [0, 0.05) is 11.3 Å². The van der Waals surface area contributed by atoms with E-state index >= 15 is 0 Å². The van der Waals surface area contributed by atoms with Gasteiger partial charge in [0.25, 0.3) is 5.91 Å². The number of rotatable bonds is 3. The summed E-state index contributed by atoms with van der Waals surface area (Å²) in [6.45, 7) is 5.30. The maximum Gasteiger partial charge on any atom is 0.257 e. The van der Waals surface area contributed by atoms with Gasteiger partial charge in [0.1, 0.15) is 11.4 Å². The number of hydrogen-bond donors (Lipinski definition) is 1. The van der Waals surface area contributed by atoms with Gasteiger partial charge in [-0.05, 0) is 39.0 Å². The van der Waals surface area contributed by atoms with E-state index in [9.17, 15) is 9.18 Å². The van der Waals surface area contributed by atoms with Crippen molar-refractivity contribution in [3.63, 3.8) is 0 Å². The predicted octanol–water partition coefficient (Wildman–Crippen LogP) is 2.99. The lowest BCUT2D eigenvalue weighted by molar-refractivity contribution is 0.0931. The number of carbonyl (C=O) groups excluding carboxylic acids is 1. The van der Waals surface area contributed by atoms with E-state index in [0.29, 0.717) is 22.5 Å². The van der Waals surface area contributed by atoms with E-state index in [1.807, 2.05) is 6.92 Å². The molecule has 0 atom stereocenters. The molecule has 25 heavy (non-hydrogen) atoms. The van der Waals surface area contributed by atoms with Crippen molar-refractivity contribution in [3.8, 4) is 23.6 Å². The Morgan fingerprint density at radius 3 is 2.80 bits per heavy atom. The fourth-order valence-electron chi connectivity index (χ4n) is 2.46. The summed E-state index contributed by atoms with van der Waals surface area (Å²) < 4.78 is 15.1. The van der Waals surface area contributed by atoms with Crippen LogP contribution < -0.4 is 5.32 Å². The fourth-order valence-corrected chi connectivity index (χ4v) is 2.46. The number of halogens is 1. The molecule has 0 aliphatic rings. The van der Waals surface area contributed by atoms with Crippen LogP contribution in [0.2, 0.25) is 0 Å². The number of aryl methyl sites for hydroxylation is 1. The minimum atomic E-state index is -0.791. The van der Waals surface area contributed by atoms with Crippen LogP contribution in [0.25, 0.3) is 16.9 Å². The molecule has 3 rings (SSSR count). The number of benzene rings is 1. The Morgan fingerprint density at radius 2 is 2.12 bits per heavy atom. The monoisotopic (exact) mass is 336 g/mol. The van der Waals surface area contributed by atoms with Crippen LogP contribution in [0, 0.1) is 25.1 Å². The molecule has 1 amide bonds. The van der Waals surface area contributed by atoms with Gasteiger partial charge >= 0.3 is 0 Å². The van der Waals surface area contributed by atoms with Crippen molar-refractivity contribution >= 4 is 11.6 Å². The van der Waals surface area contributed by atoms with Crippen molar-refractivity contribution < 1.29 is 9.18 Å². The lowest BCUT2D eigenvalue weighted by atomic mass is 10.1. The van der Waals surface area contributed by atoms with Crippen LogP contribution in [0.4, 0.5) is 4.39 Å². The summed E-state index contributed by atoms with van der Waals surface area (Å²) in [7, 11) is 0. The standard InChI is InChI=1S/C19H17FN4O/c1-5-19(3,4)23-18(25)15-11-21-24-12(2)9-16(22-17(15)24)13-7-6-8-14(20)10-13/h1,6-11H,2-4H3,(H,23,25). The summed E-state index contributed by atoms with van der Waals surface area (Å²) in [4.78, 5) is 17.1. The van der Waals surface area contributed by atoms with Crippen LogP contribution >= 0.6 is 0 Å². The van der Waals surface area contributed by atoms with E-state index < -0.39 is 5.54 Å². The molecular weight excluding hydrogens is 319 g/mol. The van der Waals surface area contributed by atoms with Crippen LogP contribution in [0.5, 0.6) is 0 Å². The minimum Gasteiger partial charge on any atom is -0.336 e. The molecule has 0 fully saturated rings. The van der Waals surface area contributed by atoms with Gasteiger partial charge in [-0.25, -0.2) is 13.9 Å². The van der Waals surface area contributed by atoms with Crippen molar-refractivity contribution in [3.05, 3.63) is 53.6 Å². The van der Waals surface area contributed by atoms with Crippen LogP contribution in [0.15, 0.2) is 36.5 Å². The molecule has 2 aromatic heterocycles. The number of aromatic nitrogens is 3. The first-order chi connectivity index (χ1) is 11.8. The van der Waals surface area contributed by atoms with Crippen molar-refractivity contribution in [2.45, 2.75) is 26.3 Å². The molecular formula is C19H17FN4O. The third-order valence-corrected chi connectivity index (χ3v) is 3.80. The molecule has 1 N–H and O–H groups in total. The fraction of sp³-hybridized carbons (Fsp3) is 0.211. The number of amides is 1. The summed E-state index contributed by atoms with van der Waals surface area (Å²) in [6.07, 6.45) is 6.87. The number of carbonyl (C=O) groups is 1. The Bertz CT molecular complexity index is 1010. The quantitative estimate of drug-likeness (QED) is 0.748. The first-order valence-electron chi connectivity index (χ1n) is 7.72. The second-order valence-corrected chi connectivity index (χ2v) is 6.31. The molecule has 0 bridgehead atoms. The van der Waals surface area contributed by atoms with Crippen LogP contribution in [-0.4, -0.2) is 26.0 Å². The van der Waals surface area contributed by atoms with Crippen LogP contribution in [0.3, 0.4) is 0 Å². The van der Waals surface area contributed by atoms with Crippen LogP contribution in [0.1, 0.15) is 29.9 Å². The summed E-state index contributed by atoms with van der Waals surface area (Å²) in [6, 6.07) is 7.94. The highest BCUT2D eigenvalue weighted by atomic mass is 19.1. The molecule has 0 aliphatic heterocycles. The zero-order valence-corrected chi connectivity index (χ0v) is 14.2. The molecule has 0 unspecified atom stereocenters. The second kappa shape index (κ2) is 6.02. The Hall–Kier alpha value is -3.20. The van der Waals surface area contributed by atoms with Gasteiger partial charge in [0.2, 0.25) is 0 Å². The average Bonchev–Trinajstić information content (AvgIpc) is 2.99. The third kappa shape index (κ3) is 3.22. The number of nitrogens with zero attached hydrogens (tertiary/aromatic N) is 3. The lowest BCUT2D eigenvalue weighted by Gasteiger charge is -2.18. The van der Waals surface area contributed by atoms with Crippen molar-refractivity contribution in [2.24, 2.45) is 0 Å². The normalized spacial score (nSPS) is 11.3. The van der Waals surface area contributed by atoms with Gasteiger partial charge in [0.05, 0.1) is 17.4 Å². The number of hydrogen-bond acceptors (Lipinski definition) is 3. The maximum absolute atomic E-state index is 13.5. The van der Waals surface area contributed by atoms with Crippen molar-refractivity contribution in [2.75, 3.05) is 0 Å². The molecule has 1 aromatic carbocycles. The molecule has 0 radical (unpaired) electrons. The molecule has 2 heterocycles. The topological polar surface area (TPSA) is 59.3 Å². The lowest BCUT2D eigenvalue weighted by Crippen LogP contribution is -2.42. The summed E-state index contributed by atoms with van der Waals surface area (Å²) >= 11 is 0. The molecule has 5 nitrogen and oxygen atoms in total. The zero-order chi connectivity index (χ0) is 18.2. The number of fused-ring (bicyclic) bond motifs is 1. The molecule has 0 saturated heterocycles. The van der Waals surface area contributed by atoms with E-state index in [4.69, 9.17) is 6.42 Å². The Balaban J connectivity index is 2.11. The number of nitrogens with one attached hydrogen (secondary N) is 1. The molecule has 3 aromatic rings. The molecule has 0 saturated carbocycles. The number of terminal acetylenes is 1. The van der Waals surface area contributed by atoms with Crippen LogP contribution in [-0.2, 0) is 0 Å².